The van der Waals surface area contributed by atoms with E-state index in [0.717, 1.165) is 18.5 Å². The summed E-state index contributed by atoms with van der Waals surface area (Å²) in [6.45, 7) is 0. The van der Waals surface area contributed by atoms with E-state index in [0.29, 0.717) is 6.42 Å². The molecule has 4 heteroatoms. The molecule has 0 aliphatic heterocycles. The lowest BCUT2D eigenvalue weighted by molar-refractivity contribution is 0.408. The van der Waals surface area contributed by atoms with E-state index in [1.165, 1.54) is 0 Å². The van der Waals surface area contributed by atoms with Crippen LogP contribution in [0.5, 0.6) is 5.75 Å². The second-order valence-corrected chi connectivity index (χ2v) is 4.75. The molecule has 0 unspecified atom stereocenters. The van der Waals surface area contributed by atoms with Crippen molar-refractivity contribution in [2.24, 2.45) is 0 Å². The van der Waals surface area contributed by atoms with E-state index in [4.69, 9.17) is 10.00 Å². The normalized spacial score (nSPS) is 9.38. The largest absolute Gasteiger partial charge is 0.495 e. The van der Waals surface area contributed by atoms with E-state index in [1.807, 2.05) is 12.1 Å². The van der Waals surface area contributed by atoms with E-state index in [9.17, 15) is 0 Å². The van der Waals surface area contributed by atoms with Gasteiger partial charge in [-0.3, -0.25) is 0 Å². The van der Waals surface area contributed by atoms with Crippen LogP contribution in [0.3, 0.4) is 0 Å². The molecular formula is C9H7I2NO. The molecule has 0 bridgehead atoms. The molecule has 0 aliphatic carbocycles. The summed E-state index contributed by atoms with van der Waals surface area (Å²) in [5.41, 5.74) is 1.04. The fourth-order valence-corrected chi connectivity index (χ4v) is 3.34. The van der Waals surface area contributed by atoms with Crippen LogP contribution in [-0.2, 0) is 6.42 Å². The number of rotatable bonds is 2. The number of nitrogens with zero attached hydrogens (tertiary/aromatic N) is 1. The Morgan fingerprint density at radius 3 is 2.31 bits per heavy atom. The van der Waals surface area contributed by atoms with Gasteiger partial charge in [0.25, 0.3) is 0 Å². The summed E-state index contributed by atoms with van der Waals surface area (Å²) >= 11 is 4.42. The van der Waals surface area contributed by atoms with Crippen molar-refractivity contribution in [3.05, 3.63) is 24.8 Å². The Kier molecular flexibility index (Phi) is 4.25. The Morgan fingerprint density at radius 1 is 1.38 bits per heavy atom. The van der Waals surface area contributed by atoms with Crippen LogP contribution < -0.4 is 4.74 Å². The zero-order valence-electron chi connectivity index (χ0n) is 6.97. The molecule has 13 heavy (non-hydrogen) atoms. The first-order valence-electron chi connectivity index (χ1n) is 3.58. The van der Waals surface area contributed by atoms with Gasteiger partial charge in [0.2, 0.25) is 0 Å². The van der Waals surface area contributed by atoms with Gasteiger partial charge in [0.05, 0.1) is 26.7 Å². The smallest absolute Gasteiger partial charge is 0.145 e. The molecule has 0 spiro atoms. The number of benzene rings is 1. The maximum absolute atomic E-state index is 8.54. The minimum atomic E-state index is 0.454. The van der Waals surface area contributed by atoms with Crippen molar-refractivity contribution in [1.29, 1.82) is 5.26 Å². The van der Waals surface area contributed by atoms with Gasteiger partial charge in [0.1, 0.15) is 5.75 Å². The van der Waals surface area contributed by atoms with Crippen molar-refractivity contribution >= 4 is 45.2 Å². The average Bonchev–Trinajstić information content (AvgIpc) is 2.04. The standard InChI is InChI=1S/C9H7I2NO/c1-13-9-7(10)4-6(2-3-12)5-8(9)11/h4-5H,2H2,1H3. The lowest BCUT2D eigenvalue weighted by Crippen LogP contribution is -1.93. The minimum Gasteiger partial charge on any atom is -0.495 e. The number of ether oxygens (including phenoxy) is 1. The maximum Gasteiger partial charge on any atom is 0.145 e. The first-order valence-corrected chi connectivity index (χ1v) is 5.73. The highest BCUT2D eigenvalue weighted by Gasteiger charge is 2.06. The molecule has 0 N–H and O–H groups in total. The van der Waals surface area contributed by atoms with Crippen LogP contribution in [0.25, 0.3) is 0 Å². The number of hydrogen-bond donors (Lipinski definition) is 0. The fourth-order valence-electron chi connectivity index (χ4n) is 1.00. The Labute approximate surface area is 105 Å². The summed E-state index contributed by atoms with van der Waals surface area (Å²) in [7, 11) is 1.66. The van der Waals surface area contributed by atoms with Crippen molar-refractivity contribution in [1.82, 2.24) is 0 Å². The third kappa shape index (κ3) is 2.71. The van der Waals surface area contributed by atoms with Crippen LogP contribution in [0.2, 0.25) is 0 Å². The molecule has 0 atom stereocenters. The van der Waals surface area contributed by atoms with E-state index >= 15 is 0 Å². The number of methoxy groups -OCH3 is 1. The molecule has 0 radical (unpaired) electrons. The summed E-state index contributed by atoms with van der Waals surface area (Å²) in [4.78, 5) is 0. The Bertz CT molecular complexity index is 334. The van der Waals surface area contributed by atoms with Gasteiger partial charge in [-0.1, -0.05) is 0 Å². The van der Waals surface area contributed by atoms with Gasteiger partial charge in [0, 0.05) is 0 Å². The number of nitriles is 1. The first-order chi connectivity index (χ1) is 6.19. The summed E-state index contributed by atoms with van der Waals surface area (Å²) in [5.74, 6) is 0.892. The number of halogens is 2. The zero-order valence-corrected chi connectivity index (χ0v) is 11.3. The minimum absolute atomic E-state index is 0.454. The monoisotopic (exact) mass is 399 g/mol. The third-order valence-electron chi connectivity index (χ3n) is 1.55. The maximum atomic E-state index is 8.54. The molecule has 68 valence electrons. The van der Waals surface area contributed by atoms with Crippen LogP contribution in [0.1, 0.15) is 5.56 Å². The average molecular weight is 399 g/mol. The fraction of sp³-hybridized carbons (Fsp3) is 0.222. The lowest BCUT2D eigenvalue weighted by Gasteiger charge is -2.07. The summed E-state index contributed by atoms with van der Waals surface area (Å²) in [6, 6.07) is 6.08. The van der Waals surface area contributed by atoms with Crippen LogP contribution in [0.4, 0.5) is 0 Å². The van der Waals surface area contributed by atoms with Crippen molar-refractivity contribution < 1.29 is 4.74 Å². The molecule has 1 aromatic rings. The van der Waals surface area contributed by atoms with Crippen molar-refractivity contribution in [3.63, 3.8) is 0 Å². The predicted octanol–water partition coefficient (Wildman–Crippen LogP) is 2.97. The van der Waals surface area contributed by atoms with Crippen LogP contribution >= 0.6 is 45.2 Å². The second kappa shape index (κ2) is 5.00. The highest BCUT2D eigenvalue weighted by molar-refractivity contribution is 14.1. The summed E-state index contributed by atoms with van der Waals surface area (Å²) in [6.07, 6.45) is 0.454. The van der Waals surface area contributed by atoms with Gasteiger partial charge in [-0.05, 0) is 62.9 Å². The molecule has 0 saturated carbocycles. The highest BCUT2D eigenvalue weighted by atomic mass is 127. The molecule has 1 rings (SSSR count). The van der Waals surface area contributed by atoms with Crippen molar-refractivity contribution in [2.45, 2.75) is 6.42 Å². The molecule has 0 aliphatic rings. The van der Waals surface area contributed by atoms with Crippen molar-refractivity contribution in [2.75, 3.05) is 7.11 Å². The molecule has 0 fully saturated rings. The molecule has 0 aromatic heterocycles. The van der Waals surface area contributed by atoms with E-state index in [2.05, 4.69) is 51.3 Å². The van der Waals surface area contributed by atoms with Crippen LogP contribution in [0.15, 0.2) is 12.1 Å². The van der Waals surface area contributed by atoms with Crippen molar-refractivity contribution in [3.8, 4) is 11.8 Å². The van der Waals surface area contributed by atoms with E-state index in [1.54, 1.807) is 7.11 Å². The van der Waals surface area contributed by atoms with Crippen LogP contribution in [-0.4, -0.2) is 7.11 Å². The first kappa shape index (κ1) is 11.0. The SMILES string of the molecule is COc1c(I)cc(CC#N)cc1I. The van der Waals surface area contributed by atoms with E-state index < -0.39 is 0 Å². The molecule has 0 heterocycles. The zero-order chi connectivity index (χ0) is 9.84. The van der Waals surface area contributed by atoms with Gasteiger partial charge in [-0.25, -0.2) is 0 Å². The molecular weight excluding hydrogens is 392 g/mol. The molecule has 2 nitrogen and oxygen atoms in total. The molecule has 1 aromatic carbocycles. The van der Waals surface area contributed by atoms with Gasteiger partial charge in [0.15, 0.2) is 0 Å². The Hall–Kier alpha value is -0.0300. The second-order valence-electron chi connectivity index (χ2n) is 2.43. The Morgan fingerprint density at radius 2 is 1.92 bits per heavy atom. The molecule has 0 saturated heterocycles. The predicted molar refractivity (Wildman–Crippen MR) is 67.7 cm³/mol. The molecule has 0 amide bonds. The van der Waals surface area contributed by atoms with Gasteiger partial charge >= 0.3 is 0 Å². The number of hydrogen-bond acceptors (Lipinski definition) is 2. The quantitative estimate of drug-likeness (QED) is 0.717. The summed E-state index contributed by atoms with van der Waals surface area (Å²) < 4.78 is 7.32. The van der Waals surface area contributed by atoms with E-state index in [-0.39, 0.29) is 0 Å². The van der Waals surface area contributed by atoms with Gasteiger partial charge < -0.3 is 4.74 Å². The topological polar surface area (TPSA) is 33.0 Å². The summed E-state index contributed by atoms with van der Waals surface area (Å²) in [5, 5.41) is 8.54. The van der Waals surface area contributed by atoms with Crippen LogP contribution in [0, 0.1) is 18.5 Å². The third-order valence-corrected chi connectivity index (χ3v) is 3.15. The lowest BCUT2D eigenvalue weighted by atomic mass is 10.2. The Balaban J connectivity index is 3.14. The highest BCUT2D eigenvalue weighted by Crippen LogP contribution is 2.28. The van der Waals surface area contributed by atoms with Gasteiger partial charge in [-0.15, -0.1) is 0 Å². The van der Waals surface area contributed by atoms with Gasteiger partial charge in [-0.2, -0.15) is 5.26 Å².